The van der Waals surface area contributed by atoms with Gasteiger partial charge in [0.1, 0.15) is 0 Å². The molecule has 2 atom stereocenters. The maximum absolute atomic E-state index is 9.92. The largest absolute Gasteiger partial charge is 0.441 e. The molecule has 5 heteroatoms. The minimum absolute atomic E-state index is 0.310. The highest BCUT2D eigenvalue weighted by atomic mass is 16.6. The van der Waals surface area contributed by atoms with Crippen LogP contribution in [0.2, 0.25) is 0 Å². The molecule has 0 aliphatic carbocycles. The zero-order valence-electron chi connectivity index (χ0n) is 12.6. The molecule has 0 aliphatic heterocycles. The number of aliphatic hydroxyl groups excluding tert-OH is 1. The summed E-state index contributed by atoms with van der Waals surface area (Å²) in [6, 6.07) is 9.11. The Morgan fingerprint density at radius 1 is 1.29 bits per heavy atom. The Bertz CT molecular complexity index is 560. The SMILES string of the molecule is CC(C)(C)OC(O)[C@@H](N)Cc1ncc(-c2ccccc2)o1. The molecule has 1 aromatic heterocycles. The van der Waals surface area contributed by atoms with E-state index < -0.39 is 17.9 Å². The molecule has 1 heterocycles. The smallest absolute Gasteiger partial charge is 0.196 e. The van der Waals surface area contributed by atoms with Crippen molar-refractivity contribution >= 4 is 0 Å². The van der Waals surface area contributed by atoms with Crippen LogP contribution in [0.15, 0.2) is 40.9 Å². The molecule has 1 aromatic carbocycles. The topological polar surface area (TPSA) is 81.5 Å². The maximum atomic E-state index is 9.92. The van der Waals surface area contributed by atoms with E-state index in [9.17, 15) is 5.11 Å². The zero-order valence-corrected chi connectivity index (χ0v) is 12.6. The highest BCUT2D eigenvalue weighted by molar-refractivity contribution is 5.55. The van der Waals surface area contributed by atoms with E-state index in [1.165, 1.54) is 0 Å². The fourth-order valence-corrected chi connectivity index (χ4v) is 1.89. The molecule has 0 radical (unpaired) electrons. The second-order valence-corrected chi connectivity index (χ2v) is 5.97. The van der Waals surface area contributed by atoms with Crippen LogP contribution in [0.1, 0.15) is 26.7 Å². The van der Waals surface area contributed by atoms with Crippen molar-refractivity contribution in [2.75, 3.05) is 0 Å². The number of oxazole rings is 1. The summed E-state index contributed by atoms with van der Waals surface area (Å²) >= 11 is 0. The second-order valence-electron chi connectivity index (χ2n) is 5.97. The van der Waals surface area contributed by atoms with E-state index >= 15 is 0 Å². The molecule has 0 aliphatic rings. The zero-order chi connectivity index (χ0) is 15.5. The molecule has 3 N–H and O–H groups in total. The molecular formula is C16H22N2O3. The van der Waals surface area contributed by atoms with E-state index in [2.05, 4.69) is 4.98 Å². The molecule has 0 amide bonds. The molecule has 2 rings (SSSR count). The molecule has 0 spiro atoms. The Morgan fingerprint density at radius 2 is 1.95 bits per heavy atom. The summed E-state index contributed by atoms with van der Waals surface area (Å²) < 4.78 is 11.1. The second kappa shape index (κ2) is 6.39. The Balaban J connectivity index is 1.99. The average Bonchev–Trinajstić information content (AvgIpc) is 2.86. The first-order valence-corrected chi connectivity index (χ1v) is 6.97. The maximum Gasteiger partial charge on any atom is 0.196 e. The fourth-order valence-electron chi connectivity index (χ4n) is 1.89. The number of benzene rings is 1. The summed E-state index contributed by atoms with van der Waals surface area (Å²) in [5, 5.41) is 9.92. The van der Waals surface area contributed by atoms with Gasteiger partial charge in [-0.25, -0.2) is 4.98 Å². The molecule has 114 valence electrons. The first kappa shape index (κ1) is 15.7. The van der Waals surface area contributed by atoms with Crippen LogP contribution in [0.5, 0.6) is 0 Å². The Morgan fingerprint density at radius 3 is 2.57 bits per heavy atom. The minimum atomic E-state index is -1.06. The lowest BCUT2D eigenvalue weighted by Crippen LogP contribution is -2.42. The summed E-state index contributed by atoms with van der Waals surface area (Å²) in [7, 11) is 0. The van der Waals surface area contributed by atoms with Gasteiger partial charge in [-0.05, 0) is 20.8 Å². The molecule has 0 saturated carbocycles. The normalized spacial score (nSPS) is 14.9. The number of nitrogens with two attached hydrogens (primary N) is 1. The van der Waals surface area contributed by atoms with Gasteiger partial charge in [-0.1, -0.05) is 30.3 Å². The van der Waals surface area contributed by atoms with E-state index in [1.54, 1.807) is 6.20 Å². The number of rotatable bonds is 5. The first-order chi connectivity index (χ1) is 9.85. The van der Waals surface area contributed by atoms with E-state index in [0.29, 0.717) is 18.1 Å². The lowest BCUT2D eigenvalue weighted by atomic mass is 10.1. The van der Waals surface area contributed by atoms with E-state index in [1.807, 2.05) is 51.1 Å². The van der Waals surface area contributed by atoms with Crippen molar-refractivity contribution in [3.8, 4) is 11.3 Å². The van der Waals surface area contributed by atoms with Crippen LogP contribution in [0.3, 0.4) is 0 Å². The van der Waals surface area contributed by atoms with Gasteiger partial charge in [0.2, 0.25) is 0 Å². The van der Waals surface area contributed by atoms with Gasteiger partial charge in [-0.2, -0.15) is 0 Å². The summed E-state index contributed by atoms with van der Waals surface area (Å²) in [5.74, 6) is 1.17. The molecule has 0 bridgehead atoms. The third-order valence-electron chi connectivity index (χ3n) is 2.86. The highest BCUT2D eigenvalue weighted by Crippen LogP contribution is 2.21. The van der Waals surface area contributed by atoms with Gasteiger partial charge in [0.15, 0.2) is 17.9 Å². The van der Waals surface area contributed by atoms with Crippen LogP contribution < -0.4 is 5.73 Å². The van der Waals surface area contributed by atoms with Crippen molar-refractivity contribution in [2.24, 2.45) is 5.73 Å². The van der Waals surface area contributed by atoms with Crippen molar-refractivity contribution in [3.63, 3.8) is 0 Å². The van der Waals surface area contributed by atoms with Crippen molar-refractivity contribution < 1.29 is 14.3 Å². The number of nitrogens with zero attached hydrogens (tertiary/aromatic N) is 1. The Hall–Kier alpha value is -1.69. The van der Waals surface area contributed by atoms with Gasteiger partial charge in [0.25, 0.3) is 0 Å². The Kier molecular flexibility index (Phi) is 4.77. The molecule has 0 saturated heterocycles. The van der Waals surface area contributed by atoms with Crippen LogP contribution in [0, 0.1) is 0 Å². The molecule has 0 fully saturated rings. The third kappa shape index (κ3) is 4.67. The van der Waals surface area contributed by atoms with Crippen LogP contribution in [0.25, 0.3) is 11.3 Å². The van der Waals surface area contributed by atoms with Crippen LogP contribution in [0.4, 0.5) is 0 Å². The summed E-state index contributed by atoms with van der Waals surface area (Å²) in [4.78, 5) is 4.20. The summed E-state index contributed by atoms with van der Waals surface area (Å²) in [5.41, 5.74) is 6.43. The van der Waals surface area contributed by atoms with E-state index in [4.69, 9.17) is 14.9 Å². The van der Waals surface area contributed by atoms with E-state index in [-0.39, 0.29) is 0 Å². The Labute approximate surface area is 124 Å². The predicted molar refractivity (Wildman–Crippen MR) is 80.5 cm³/mol. The highest BCUT2D eigenvalue weighted by Gasteiger charge is 2.24. The molecule has 1 unspecified atom stereocenters. The third-order valence-corrected chi connectivity index (χ3v) is 2.86. The predicted octanol–water partition coefficient (Wildman–Crippen LogP) is 2.34. The van der Waals surface area contributed by atoms with Crippen molar-refractivity contribution in [3.05, 3.63) is 42.4 Å². The average molecular weight is 290 g/mol. The summed E-state index contributed by atoms with van der Waals surface area (Å²) in [6.07, 6.45) is 0.912. The number of ether oxygens (including phenoxy) is 1. The standard InChI is InChI=1S/C16H22N2O3/c1-16(2,3)21-15(19)12(17)9-14-18-10-13(20-14)11-7-5-4-6-8-11/h4-8,10,12,15,19H,9,17H2,1-3H3/t12-,15?/m0/s1. The van der Waals surface area contributed by atoms with Crippen LogP contribution in [-0.2, 0) is 11.2 Å². The quantitative estimate of drug-likeness (QED) is 0.826. The van der Waals surface area contributed by atoms with Gasteiger partial charge >= 0.3 is 0 Å². The van der Waals surface area contributed by atoms with Gasteiger partial charge in [-0.3, -0.25) is 0 Å². The van der Waals surface area contributed by atoms with Gasteiger partial charge in [-0.15, -0.1) is 0 Å². The number of hydrogen-bond acceptors (Lipinski definition) is 5. The lowest BCUT2D eigenvalue weighted by molar-refractivity contribution is -0.175. The van der Waals surface area contributed by atoms with Crippen LogP contribution in [-0.4, -0.2) is 28.0 Å². The molecule has 2 aromatic rings. The van der Waals surface area contributed by atoms with Crippen molar-refractivity contribution in [2.45, 2.75) is 45.1 Å². The van der Waals surface area contributed by atoms with Crippen LogP contribution >= 0.6 is 0 Å². The number of hydrogen-bond donors (Lipinski definition) is 2. The molecular weight excluding hydrogens is 268 g/mol. The lowest BCUT2D eigenvalue weighted by Gasteiger charge is -2.27. The molecule has 21 heavy (non-hydrogen) atoms. The summed E-state index contributed by atoms with van der Waals surface area (Å²) in [6.45, 7) is 5.59. The van der Waals surface area contributed by atoms with Gasteiger partial charge < -0.3 is 20.0 Å². The monoisotopic (exact) mass is 290 g/mol. The number of aliphatic hydroxyl groups is 1. The van der Waals surface area contributed by atoms with Crippen molar-refractivity contribution in [1.82, 2.24) is 4.98 Å². The fraction of sp³-hybridized carbons (Fsp3) is 0.438. The number of aromatic nitrogens is 1. The van der Waals surface area contributed by atoms with E-state index in [0.717, 1.165) is 5.56 Å². The molecule has 5 nitrogen and oxygen atoms in total. The minimum Gasteiger partial charge on any atom is -0.441 e. The van der Waals surface area contributed by atoms with Gasteiger partial charge in [0.05, 0.1) is 17.8 Å². The van der Waals surface area contributed by atoms with Gasteiger partial charge in [0, 0.05) is 12.0 Å². The van der Waals surface area contributed by atoms with Crippen molar-refractivity contribution in [1.29, 1.82) is 0 Å². The first-order valence-electron chi connectivity index (χ1n) is 6.97.